The van der Waals surface area contributed by atoms with Crippen LogP contribution >= 0.6 is 0 Å². The number of rotatable bonds is 5. The van der Waals surface area contributed by atoms with Gasteiger partial charge in [0.2, 0.25) is 0 Å². The topological polar surface area (TPSA) is 49.6 Å². The molecule has 0 bridgehead atoms. The fourth-order valence-corrected chi connectivity index (χ4v) is 2.75. The van der Waals surface area contributed by atoms with Gasteiger partial charge >= 0.3 is 0 Å². The van der Waals surface area contributed by atoms with Crippen molar-refractivity contribution in [2.75, 3.05) is 31.9 Å². The Kier molecular flexibility index (Phi) is 5.01. The van der Waals surface area contributed by atoms with Crippen molar-refractivity contribution in [1.82, 2.24) is 9.80 Å². The second kappa shape index (κ2) is 6.75. The van der Waals surface area contributed by atoms with Crippen molar-refractivity contribution in [1.29, 1.82) is 0 Å². The van der Waals surface area contributed by atoms with E-state index in [1.54, 1.807) is 0 Å². The van der Waals surface area contributed by atoms with Gasteiger partial charge in [0.15, 0.2) is 0 Å². The van der Waals surface area contributed by atoms with Crippen molar-refractivity contribution in [2.45, 2.75) is 33.2 Å². The molecule has 20 heavy (non-hydrogen) atoms. The SMILES string of the molecule is CCN(CC)C(=O)c1ccc(CN2CCCC2)c(N)c1. The number of carbonyl (C=O) groups excluding carboxylic acids is 1. The number of likely N-dealkylation sites (tertiary alicyclic amines) is 1. The molecule has 1 amide bonds. The smallest absolute Gasteiger partial charge is 0.253 e. The molecule has 0 saturated carbocycles. The Morgan fingerprint density at radius 3 is 2.45 bits per heavy atom. The molecule has 0 aliphatic carbocycles. The van der Waals surface area contributed by atoms with Gasteiger partial charge in [-0.1, -0.05) is 6.07 Å². The number of amides is 1. The van der Waals surface area contributed by atoms with E-state index in [1.165, 1.54) is 12.8 Å². The number of carbonyl (C=O) groups is 1. The van der Waals surface area contributed by atoms with Crippen molar-refractivity contribution in [3.63, 3.8) is 0 Å². The third kappa shape index (κ3) is 3.31. The standard InChI is InChI=1S/C16H25N3O/c1-3-19(4-2)16(20)13-7-8-14(15(17)11-13)12-18-9-5-6-10-18/h7-8,11H,3-6,9-10,12,17H2,1-2H3. The molecular weight excluding hydrogens is 250 g/mol. The van der Waals surface area contributed by atoms with Crippen LogP contribution in [0.2, 0.25) is 0 Å². The molecule has 0 unspecified atom stereocenters. The maximum absolute atomic E-state index is 12.3. The molecular formula is C16H25N3O. The molecule has 0 atom stereocenters. The highest BCUT2D eigenvalue weighted by Gasteiger charge is 2.16. The first-order valence-corrected chi connectivity index (χ1v) is 7.55. The predicted octanol–water partition coefficient (Wildman–Crippen LogP) is 2.35. The summed E-state index contributed by atoms with van der Waals surface area (Å²) < 4.78 is 0. The van der Waals surface area contributed by atoms with Gasteiger partial charge in [-0.2, -0.15) is 0 Å². The van der Waals surface area contributed by atoms with E-state index >= 15 is 0 Å². The summed E-state index contributed by atoms with van der Waals surface area (Å²) in [4.78, 5) is 16.5. The lowest BCUT2D eigenvalue weighted by Crippen LogP contribution is -2.30. The van der Waals surface area contributed by atoms with Gasteiger partial charge in [-0.15, -0.1) is 0 Å². The van der Waals surface area contributed by atoms with Crippen LogP contribution in [0, 0.1) is 0 Å². The van der Waals surface area contributed by atoms with E-state index in [4.69, 9.17) is 5.73 Å². The maximum Gasteiger partial charge on any atom is 0.253 e. The van der Waals surface area contributed by atoms with Gasteiger partial charge in [-0.3, -0.25) is 9.69 Å². The van der Waals surface area contributed by atoms with Crippen molar-refractivity contribution in [2.24, 2.45) is 0 Å². The van der Waals surface area contributed by atoms with Gasteiger partial charge in [0.05, 0.1) is 0 Å². The van der Waals surface area contributed by atoms with Crippen LogP contribution in [0.25, 0.3) is 0 Å². The molecule has 1 aromatic rings. The van der Waals surface area contributed by atoms with Crippen molar-refractivity contribution in [3.05, 3.63) is 29.3 Å². The van der Waals surface area contributed by atoms with Crippen LogP contribution in [-0.2, 0) is 6.54 Å². The molecule has 1 aliphatic heterocycles. The first kappa shape index (κ1) is 14.9. The van der Waals surface area contributed by atoms with E-state index in [0.717, 1.165) is 44.0 Å². The monoisotopic (exact) mass is 275 g/mol. The number of nitrogens with zero attached hydrogens (tertiary/aromatic N) is 2. The van der Waals surface area contributed by atoms with Gasteiger partial charge in [0, 0.05) is 30.9 Å². The lowest BCUT2D eigenvalue weighted by Gasteiger charge is -2.20. The Balaban J connectivity index is 2.10. The summed E-state index contributed by atoms with van der Waals surface area (Å²) in [7, 11) is 0. The predicted molar refractivity (Wildman–Crippen MR) is 82.6 cm³/mol. The van der Waals surface area contributed by atoms with Crippen LogP contribution in [0.5, 0.6) is 0 Å². The first-order valence-electron chi connectivity index (χ1n) is 7.55. The third-order valence-electron chi connectivity index (χ3n) is 4.04. The number of hydrogen-bond donors (Lipinski definition) is 1. The molecule has 0 aromatic heterocycles. The molecule has 1 aromatic carbocycles. The zero-order valence-corrected chi connectivity index (χ0v) is 12.6. The Morgan fingerprint density at radius 1 is 1.25 bits per heavy atom. The minimum atomic E-state index is 0.0643. The molecule has 1 fully saturated rings. The summed E-state index contributed by atoms with van der Waals surface area (Å²) in [5.74, 6) is 0.0643. The van der Waals surface area contributed by atoms with E-state index in [-0.39, 0.29) is 5.91 Å². The van der Waals surface area contributed by atoms with Crippen LogP contribution in [0.3, 0.4) is 0 Å². The van der Waals surface area contributed by atoms with Crippen molar-refractivity contribution < 1.29 is 4.79 Å². The molecule has 0 spiro atoms. The molecule has 0 radical (unpaired) electrons. The summed E-state index contributed by atoms with van der Waals surface area (Å²) in [6.07, 6.45) is 2.55. The normalized spacial score (nSPS) is 15.5. The number of nitrogens with two attached hydrogens (primary N) is 1. The van der Waals surface area contributed by atoms with Crippen LogP contribution in [0.15, 0.2) is 18.2 Å². The van der Waals surface area contributed by atoms with Gasteiger partial charge in [0.1, 0.15) is 0 Å². The Labute approximate surface area is 121 Å². The van der Waals surface area contributed by atoms with Crippen molar-refractivity contribution in [3.8, 4) is 0 Å². The van der Waals surface area contributed by atoms with E-state index in [1.807, 2.05) is 36.9 Å². The van der Waals surface area contributed by atoms with E-state index < -0.39 is 0 Å². The molecule has 4 heteroatoms. The Bertz CT molecular complexity index is 463. The number of nitrogen functional groups attached to an aromatic ring is 1. The lowest BCUT2D eigenvalue weighted by atomic mass is 10.1. The van der Waals surface area contributed by atoms with E-state index in [9.17, 15) is 4.79 Å². The molecule has 110 valence electrons. The fraction of sp³-hybridized carbons (Fsp3) is 0.562. The Hall–Kier alpha value is -1.55. The average Bonchev–Trinajstić information content (AvgIpc) is 2.95. The first-order chi connectivity index (χ1) is 9.65. The zero-order valence-electron chi connectivity index (χ0n) is 12.6. The Morgan fingerprint density at radius 2 is 1.90 bits per heavy atom. The van der Waals surface area contributed by atoms with Crippen molar-refractivity contribution >= 4 is 11.6 Å². The summed E-state index contributed by atoms with van der Waals surface area (Å²) in [5.41, 5.74) is 8.67. The average molecular weight is 275 g/mol. The minimum Gasteiger partial charge on any atom is -0.398 e. The zero-order chi connectivity index (χ0) is 14.5. The second-order valence-corrected chi connectivity index (χ2v) is 5.37. The molecule has 4 nitrogen and oxygen atoms in total. The van der Waals surface area contributed by atoms with Gasteiger partial charge in [-0.05, 0) is 57.5 Å². The fourth-order valence-electron chi connectivity index (χ4n) is 2.75. The highest BCUT2D eigenvalue weighted by atomic mass is 16.2. The maximum atomic E-state index is 12.3. The number of benzene rings is 1. The van der Waals surface area contributed by atoms with Gasteiger partial charge < -0.3 is 10.6 Å². The van der Waals surface area contributed by atoms with Gasteiger partial charge in [-0.25, -0.2) is 0 Å². The van der Waals surface area contributed by atoms with E-state index in [0.29, 0.717) is 5.56 Å². The van der Waals surface area contributed by atoms with E-state index in [2.05, 4.69) is 4.90 Å². The highest BCUT2D eigenvalue weighted by Crippen LogP contribution is 2.20. The third-order valence-corrected chi connectivity index (χ3v) is 4.04. The number of hydrogen-bond acceptors (Lipinski definition) is 3. The minimum absolute atomic E-state index is 0.0643. The quantitative estimate of drug-likeness (QED) is 0.839. The van der Waals surface area contributed by atoms with Gasteiger partial charge in [0.25, 0.3) is 5.91 Å². The molecule has 2 rings (SSSR count). The summed E-state index contributed by atoms with van der Waals surface area (Å²) >= 11 is 0. The molecule has 1 aliphatic rings. The second-order valence-electron chi connectivity index (χ2n) is 5.37. The highest BCUT2D eigenvalue weighted by molar-refractivity contribution is 5.95. The van der Waals surface area contributed by atoms with Crippen LogP contribution < -0.4 is 5.73 Å². The summed E-state index contributed by atoms with van der Waals surface area (Å²) in [5, 5.41) is 0. The lowest BCUT2D eigenvalue weighted by molar-refractivity contribution is 0.0773. The summed E-state index contributed by atoms with van der Waals surface area (Å²) in [6, 6.07) is 5.73. The van der Waals surface area contributed by atoms with Crippen LogP contribution in [0.4, 0.5) is 5.69 Å². The largest absolute Gasteiger partial charge is 0.398 e. The summed E-state index contributed by atoms with van der Waals surface area (Å²) in [6.45, 7) is 8.64. The molecule has 2 N–H and O–H groups in total. The number of anilines is 1. The molecule has 1 saturated heterocycles. The molecule has 1 heterocycles. The van der Waals surface area contributed by atoms with Crippen LogP contribution in [-0.4, -0.2) is 41.9 Å². The van der Waals surface area contributed by atoms with Crippen LogP contribution in [0.1, 0.15) is 42.6 Å².